The maximum absolute atomic E-state index is 8.70. The Balaban J connectivity index is 1.15. The van der Waals surface area contributed by atoms with Crippen molar-refractivity contribution < 1.29 is 6.85 Å². The first-order valence-electron chi connectivity index (χ1n) is 18.7. The fraction of sp³-hybridized carbons (Fsp3) is 0.0638. The standard InChI is InChI=1S/C47H32/c1-47(2)42-26-21-34(28-41(42)38-15-7-11-30-12-8-16-43(47)44(30)38)33-13-6-14-35(27-33)37-23-18-32-19-24-39-36(29-9-4-3-5-10-29)22-17-31-20-25-40(37)46(32)45(31)39/h3-28H,1-2H3/i3D,4D,5D,9D,10D. The molecule has 9 aromatic carbocycles. The van der Waals surface area contributed by atoms with E-state index >= 15 is 0 Å². The van der Waals surface area contributed by atoms with E-state index in [1.165, 1.54) is 38.6 Å². The second kappa shape index (κ2) is 9.64. The summed E-state index contributed by atoms with van der Waals surface area (Å²) in [4.78, 5) is 0. The smallest absolute Gasteiger partial charge is 0.0622 e. The van der Waals surface area contributed by atoms with Gasteiger partial charge in [-0.15, -0.1) is 0 Å². The molecule has 0 spiro atoms. The predicted octanol–water partition coefficient (Wildman–Crippen LogP) is 13.0. The van der Waals surface area contributed by atoms with Crippen LogP contribution in [0.2, 0.25) is 0 Å². The van der Waals surface area contributed by atoms with Gasteiger partial charge in [0, 0.05) is 5.41 Å². The van der Waals surface area contributed by atoms with Crippen molar-refractivity contribution in [2.24, 2.45) is 0 Å². The van der Waals surface area contributed by atoms with E-state index in [-0.39, 0.29) is 41.2 Å². The minimum Gasteiger partial charge on any atom is -0.0622 e. The van der Waals surface area contributed by atoms with E-state index in [2.05, 4.69) is 123 Å². The second-order valence-corrected chi connectivity index (χ2v) is 13.3. The molecule has 47 heavy (non-hydrogen) atoms. The summed E-state index contributed by atoms with van der Waals surface area (Å²) in [7, 11) is 0. The lowest BCUT2D eigenvalue weighted by Gasteiger charge is -2.35. The molecule has 1 aliphatic rings. The largest absolute Gasteiger partial charge is 0.0629 e. The molecule has 9 aromatic rings. The number of rotatable bonds is 3. The van der Waals surface area contributed by atoms with Crippen molar-refractivity contribution in [1.29, 1.82) is 0 Å². The van der Waals surface area contributed by atoms with Crippen LogP contribution < -0.4 is 0 Å². The van der Waals surface area contributed by atoms with E-state index in [1.54, 1.807) is 0 Å². The second-order valence-electron chi connectivity index (χ2n) is 13.3. The number of hydrogen-bond acceptors (Lipinski definition) is 0. The summed E-state index contributed by atoms with van der Waals surface area (Å²) in [6.45, 7) is 4.66. The van der Waals surface area contributed by atoms with E-state index in [0.29, 0.717) is 5.56 Å². The van der Waals surface area contributed by atoms with Gasteiger partial charge in [0.2, 0.25) is 0 Å². The first-order valence-corrected chi connectivity index (χ1v) is 16.2. The molecule has 0 atom stereocenters. The predicted molar refractivity (Wildman–Crippen MR) is 202 cm³/mol. The molecule has 0 heteroatoms. The maximum atomic E-state index is 8.70. The van der Waals surface area contributed by atoms with Gasteiger partial charge < -0.3 is 0 Å². The monoisotopic (exact) mass is 601 g/mol. The van der Waals surface area contributed by atoms with Gasteiger partial charge in [0.25, 0.3) is 0 Å². The molecule has 0 amide bonds. The van der Waals surface area contributed by atoms with E-state index < -0.39 is 0 Å². The quantitative estimate of drug-likeness (QED) is 0.177. The number of hydrogen-bond donors (Lipinski definition) is 0. The lowest BCUT2D eigenvalue weighted by atomic mass is 9.68. The Morgan fingerprint density at radius 3 is 1.74 bits per heavy atom. The zero-order chi connectivity index (χ0) is 35.6. The van der Waals surface area contributed by atoms with Crippen LogP contribution in [-0.2, 0) is 5.41 Å². The van der Waals surface area contributed by atoms with Crippen LogP contribution in [-0.4, -0.2) is 0 Å². The summed E-state index contributed by atoms with van der Waals surface area (Å²) < 4.78 is 42.2. The lowest BCUT2D eigenvalue weighted by Crippen LogP contribution is -2.23. The van der Waals surface area contributed by atoms with Gasteiger partial charge in [-0.1, -0.05) is 159 Å². The lowest BCUT2D eigenvalue weighted by molar-refractivity contribution is 0.645. The van der Waals surface area contributed by atoms with Gasteiger partial charge in [-0.2, -0.15) is 0 Å². The van der Waals surface area contributed by atoms with Crippen LogP contribution in [0.4, 0.5) is 0 Å². The first kappa shape index (κ1) is 21.9. The molecule has 1 aliphatic carbocycles. The highest BCUT2D eigenvalue weighted by Crippen LogP contribution is 2.50. The summed E-state index contributed by atoms with van der Waals surface area (Å²) in [6, 6.07) is 44.3. The molecule has 0 heterocycles. The molecule has 0 fully saturated rings. The molecule has 0 N–H and O–H groups in total. The molecule has 0 aliphatic heterocycles. The Kier molecular flexibility index (Phi) is 4.50. The topological polar surface area (TPSA) is 0 Å². The average molecular weight is 602 g/mol. The zero-order valence-electron chi connectivity index (χ0n) is 31.1. The van der Waals surface area contributed by atoms with Crippen molar-refractivity contribution in [3.05, 3.63) is 169 Å². The Bertz CT molecular complexity index is 2960. The van der Waals surface area contributed by atoms with Crippen molar-refractivity contribution in [2.75, 3.05) is 0 Å². The SMILES string of the molecule is [2H]c1c([2H])c([2H])c(-c2ccc3ccc4c(-c5cccc(-c6ccc7c(c6)-c6cccc8cccc(c68)C7(C)C)c5)ccc5ccc2c3c54)c([2H])c1[2H]. The minimum atomic E-state index is -0.384. The van der Waals surface area contributed by atoms with Crippen LogP contribution in [0.5, 0.6) is 0 Å². The zero-order valence-corrected chi connectivity index (χ0v) is 26.1. The van der Waals surface area contributed by atoms with Crippen molar-refractivity contribution in [2.45, 2.75) is 19.3 Å². The molecule has 0 bridgehead atoms. The molecule has 0 radical (unpaired) electrons. The number of fused-ring (bicyclic) bond motifs is 2. The van der Waals surface area contributed by atoms with Crippen LogP contribution in [0.3, 0.4) is 0 Å². The molecule has 220 valence electrons. The molecule has 0 saturated heterocycles. The van der Waals surface area contributed by atoms with Gasteiger partial charge in [-0.3, -0.25) is 0 Å². The van der Waals surface area contributed by atoms with Crippen LogP contribution >= 0.6 is 0 Å². The molecular formula is C47H32. The van der Waals surface area contributed by atoms with Gasteiger partial charge in [0.1, 0.15) is 0 Å². The molecule has 0 unspecified atom stereocenters. The van der Waals surface area contributed by atoms with Crippen LogP contribution in [0.25, 0.3) is 87.6 Å². The molecule has 0 aromatic heterocycles. The third kappa shape index (κ3) is 3.76. The minimum absolute atomic E-state index is 0.117. The Labute approximate surface area is 281 Å². The fourth-order valence-electron chi connectivity index (χ4n) is 8.24. The molecular weight excluding hydrogens is 565 g/mol. The summed E-state index contributed by atoms with van der Waals surface area (Å²) in [5, 5.41) is 8.88. The van der Waals surface area contributed by atoms with E-state index in [1.807, 2.05) is 18.2 Å². The third-order valence-electron chi connectivity index (χ3n) is 10.5. The van der Waals surface area contributed by atoms with Crippen molar-refractivity contribution >= 4 is 43.1 Å². The van der Waals surface area contributed by atoms with Gasteiger partial charge in [0.05, 0.1) is 6.85 Å². The van der Waals surface area contributed by atoms with E-state index in [0.717, 1.165) is 49.0 Å². The van der Waals surface area contributed by atoms with Gasteiger partial charge >= 0.3 is 0 Å². The highest BCUT2D eigenvalue weighted by Gasteiger charge is 2.33. The third-order valence-corrected chi connectivity index (χ3v) is 10.5. The van der Waals surface area contributed by atoms with Crippen molar-refractivity contribution in [3.8, 4) is 44.5 Å². The van der Waals surface area contributed by atoms with E-state index in [9.17, 15) is 0 Å². The summed E-state index contributed by atoms with van der Waals surface area (Å²) in [6.07, 6.45) is 0. The highest BCUT2D eigenvalue weighted by atomic mass is 14.4. The van der Waals surface area contributed by atoms with Crippen molar-refractivity contribution in [3.63, 3.8) is 0 Å². The van der Waals surface area contributed by atoms with Crippen LogP contribution in [0, 0.1) is 0 Å². The highest BCUT2D eigenvalue weighted by molar-refractivity contribution is 6.27. The van der Waals surface area contributed by atoms with Gasteiger partial charge in [-0.25, -0.2) is 0 Å². The summed E-state index contributed by atoms with van der Waals surface area (Å²) >= 11 is 0. The van der Waals surface area contributed by atoms with E-state index in [4.69, 9.17) is 6.85 Å². The fourth-order valence-corrected chi connectivity index (χ4v) is 8.24. The van der Waals surface area contributed by atoms with Crippen LogP contribution in [0.15, 0.2) is 158 Å². The molecule has 0 nitrogen and oxygen atoms in total. The normalized spacial score (nSPS) is 15.0. The first-order chi connectivity index (χ1) is 25.1. The summed E-state index contributed by atoms with van der Waals surface area (Å²) in [5.41, 5.74) is 10.6. The van der Waals surface area contributed by atoms with Crippen molar-refractivity contribution in [1.82, 2.24) is 0 Å². The number of benzene rings is 9. The molecule has 0 saturated carbocycles. The maximum Gasteiger partial charge on any atom is 0.0629 e. The Morgan fingerprint density at radius 2 is 1.00 bits per heavy atom. The average Bonchev–Trinajstić information content (AvgIpc) is 3.17. The summed E-state index contributed by atoms with van der Waals surface area (Å²) in [5.74, 6) is 0. The van der Waals surface area contributed by atoms with Gasteiger partial charge in [0.15, 0.2) is 0 Å². The van der Waals surface area contributed by atoms with Crippen LogP contribution in [0.1, 0.15) is 31.8 Å². The van der Waals surface area contributed by atoms with Gasteiger partial charge in [-0.05, 0) is 111 Å². The Morgan fingerprint density at radius 1 is 0.404 bits per heavy atom. The Hall–Kier alpha value is -5.72. The molecule has 10 rings (SSSR count).